The molecule has 10 aliphatic carbocycles. The molecular weight excluding hydrogens is 877 g/mol. The first-order chi connectivity index (χ1) is 33.2. The van der Waals surface area contributed by atoms with Gasteiger partial charge in [0.25, 0.3) is 0 Å². The predicted molar refractivity (Wildman–Crippen MR) is 270 cm³/mol. The molecule has 14 atom stereocenters. The number of likely N-dealkylation sites (N-methyl/N-ethyl adjacent to an activating group) is 1. The quantitative estimate of drug-likeness (QED) is 0.168. The van der Waals surface area contributed by atoms with E-state index >= 15 is 0 Å². The third-order valence-corrected chi connectivity index (χ3v) is 23.4. The highest BCUT2D eigenvalue weighted by atomic mass is 16.6. The number of benzene rings is 2. The highest BCUT2D eigenvalue weighted by Crippen LogP contribution is 2.79. The summed E-state index contributed by atoms with van der Waals surface area (Å²) in [5.41, 5.74) is 1.02. The van der Waals surface area contributed by atoms with Crippen LogP contribution in [-0.4, -0.2) is 120 Å². The van der Waals surface area contributed by atoms with E-state index in [-0.39, 0.29) is 51.6 Å². The Balaban J connectivity index is 0.850. The van der Waals surface area contributed by atoms with E-state index in [1.165, 1.54) is 54.5 Å². The van der Waals surface area contributed by atoms with Crippen LogP contribution in [0.5, 0.6) is 23.0 Å². The number of rotatable bonds is 15. The Morgan fingerprint density at radius 3 is 2.10 bits per heavy atom. The number of methoxy groups -OCH3 is 2. The van der Waals surface area contributed by atoms with Gasteiger partial charge in [-0.05, 0) is 162 Å². The minimum atomic E-state index is -1.04. The molecule has 0 amide bonds. The molecule has 3 heterocycles. The van der Waals surface area contributed by atoms with Gasteiger partial charge in [-0.2, -0.15) is 0 Å². The van der Waals surface area contributed by atoms with Crippen molar-refractivity contribution in [1.29, 1.82) is 0 Å². The molecular formula is C60H86N2O8. The molecule has 3 aliphatic heterocycles. The summed E-state index contributed by atoms with van der Waals surface area (Å²) in [6.07, 6.45) is 13.6. The van der Waals surface area contributed by atoms with Crippen molar-refractivity contribution in [3.63, 3.8) is 0 Å². The SMILES string of the molecule is CCN(CC1CC1)C1Cc2ccc(OCCO[C@]34CCC5(C[C@@H]3[C@](C)(O)C(C)(C)C)[C@H]3Cc6ccc(OC)c7c6[C@@]5(CCN3CC3CC3)[C@@H]4O7)c3c2C2[C@H](O3)[C@@]3(OC)CCC21CC3[C@](C)(O)C(C)(C)C. The van der Waals surface area contributed by atoms with Gasteiger partial charge in [-0.3, -0.25) is 9.80 Å². The number of ether oxygens (including phenoxy) is 6. The minimum absolute atomic E-state index is 0.0426. The number of hydrogen-bond donors (Lipinski definition) is 2. The number of nitrogens with zero attached hydrogens (tertiary/aromatic N) is 2. The lowest BCUT2D eigenvalue weighted by Gasteiger charge is -2.75. The second kappa shape index (κ2) is 15.0. The molecule has 6 bridgehead atoms. The van der Waals surface area contributed by atoms with Crippen LogP contribution in [0.2, 0.25) is 0 Å². The normalized spacial score (nSPS) is 41.1. The van der Waals surface area contributed by atoms with Crippen molar-refractivity contribution in [1.82, 2.24) is 9.80 Å². The smallest absolute Gasteiger partial charge is 0.165 e. The standard InChI is InChI=1S/C60H86N2O8/c1-12-61(33-35-13-14-35)43-29-37-17-20-40(48-45(37)47-50(69-48)59(66-11)23-21-56(43,47)31-41(59)54(8,63)52(2,3)4)67-27-28-68-60-24-22-57(32-42(60)55(9,64)53(5,6)7)44-30-38-18-19-39(65-10)49-46(38)58(57,51(60)70-49)25-26-62(44)34-36-15-16-36/h17-20,35-36,41-44,47,50-51,63-64H,12-16,21-34H2,1-11H3/t41?,42-,43?,44-,47?,50+,51+,54+,55+,56?,57?,58+,59-,60-/m1/s1. The maximum absolute atomic E-state index is 13.2. The van der Waals surface area contributed by atoms with Crippen molar-refractivity contribution < 1.29 is 38.6 Å². The van der Waals surface area contributed by atoms with Crippen molar-refractivity contribution in [2.24, 2.45) is 45.3 Å². The van der Waals surface area contributed by atoms with Crippen LogP contribution < -0.4 is 18.9 Å². The molecule has 2 N–H and O–H groups in total. The fourth-order valence-electron chi connectivity index (χ4n) is 18.7. The zero-order valence-corrected chi connectivity index (χ0v) is 44.7. The fourth-order valence-corrected chi connectivity index (χ4v) is 18.7. The van der Waals surface area contributed by atoms with Gasteiger partial charge in [0.2, 0.25) is 0 Å². The summed E-state index contributed by atoms with van der Waals surface area (Å²) in [5, 5.41) is 26.0. The topological polar surface area (TPSA) is 102 Å². The van der Waals surface area contributed by atoms with Crippen LogP contribution in [0.25, 0.3) is 0 Å². The average Bonchev–Trinajstić information content (AvgIpc) is 4.25. The first-order valence-electron chi connectivity index (χ1n) is 28.1. The second-order valence-electron chi connectivity index (χ2n) is 27.7. The van der Waals surface area contributed by atoms with E-state index in [2.05, 4.69) is 96.4 Å². The molecule has 9 fully saturated rings. The molecule has 0 aromatic heterocycles. The summed E-state index contributed by atoms with van der Waals surface area (Å²) < 4.78 is 42.7. The van der Waals surface area contributed by atoms with E-state index < -0.39 is 27.8 Å². The van der Waals surface area contributed by atoms with Crippen LogP contribution in [0.1, 0.15) is 161 Å². The molecule has 13 aliphatic rings. The van der Waals surface area contributed by atoms with E-state index in [9.17, 15) is 10.2 Å². The Bertz CT molecular complexity index is 2450. The van der Waals surface area contributed by atoms with Gasteiger partial charge >= 0.3 is 0 Å². The molecule has 8 saturated carbocycles. The molecule has 5 unspecified atom stereocenters. The summed E-state index contributed by atoms with van der Waals surface area (Å²) in [4.78, 5) is 5.70. The van der Waals surface area contributed by atoms with Crippen molar-refractivity contribution in [2.45, 2.75) is 204 Å². The Hall–Kier alpha value is -2.60. The lowest BCUT2D eigenvalue weighted by Crippen LogP contribution is -2.83. The Morgan fingerprint density at radius 2 is 1.43 bits per heavy atom. The van der Waals surface area contributed by atoms with Gasteiger partial charge in [0.15, 0.2) is 23.0 Å². The van der Waals surface area contributed by atoms with Crippen LogP contribution in [0.4, 0.5) is 0 Å². The molecule has 1 saturated heterocycles. The summed E-state index contributed by atoms with van der Waals surface area (Å²) >= 11 is 0. The molecule has 2 aromatic carbocycles. The number of likely N-dealkylation sites (tertiary alicyclic amines) is 1. The number of fused-ring (bicyclic) bond motifs is 4. The lowest BCUT2D eigenvalue weighted by atomic mass is 9.33. The highest BCUT2D eigenvalue weighted by Gasteiger charge is 2.83. The highest BCUT2D eigenvalue weighted by molar-refractivity contribution is 5.64. The summed E-state index contributed by atoms with van der Waals surface area (Å²) in [7, 11) is 3.65. The molecule has 10 nitrogen and oxygen atoms in total. The summed E-state index contributed by atoms with van der Waals surface area (Å²) in [6.45, 7) is 24.8. The predicted octanol–water partition coefficient (Wildman–Crippen LogP) is 9.65. The summed E-state index contributed by atoms with van der Waals surface area (Å²) in [6, 6.07) is 9.76. The number of hydrogen-bond acceptors (Lipinski definition) is 10. The van der Waals surface area contributed by atoms with Gasteiger partial charge in [-0.25, -0.2) is 0 Å². The molecule has 10 heteroatoms. The average molecular weight is 963 g/mol. The molecule has 0 radical (unpaired) electrons. The maximum atomic E-state index is 13.2. The fraction of sp³-hybridized carbons (Fsp3) is 0.800. The largest absolute Gasteiger partial charge is 0.493 e. The van der Waals surface area contributed by atoms with Crippen LogP contribution in [0.15, 0.2) is 24.3 Å². The molecule has 2 aromatic rings. The monoisotopic (exact) mass is 963 g/mol. The van der Waals surface area contributed by atoms with Gasteiger partial charge in [0.05, 0.1) is 24.9 Å². The summed E-state index contributed by atoms with van der Waals surface area (Å²) in [5.74, 6) is 4.90. The van der Waals surface area contributed by atoms with Gasteiger partial charge in [-0.15, -0.1) is 0 Å². The molecule has 384 valence electrons. The third kappa shape index (κ3) is 5.85. The van der Waals surface area contributed by atoms with Crippen molar-refractivity contribution in [2.75, 3.05) is 53.6 Å². The zero-order chi connectivity index (χ0) is 49.0. The lowest BCUT2D eigenvalue weighted by molar-refractivity contribution is -0.319. The first-order valence-corrected chi connectivity index (χ1v) is 28.1. The zero-order valence-electron chi connectivity index (χ0n) is 44.7. The van der Waals surface area contributed by atoms with Crippen molar-refractivity contribution in [3.8, 4) is 23.0 Å². The van der Waals surface area contributed by atoms with Gasteiger partial charge < -0.3 is 38.6 Å². The Labute approximate surface area is 419 Å². The van der Waals surface area contributed by atoms with Crippen LogP contribution >= 0.6 is 0 Å². The van der Waals surface area contributed by atoms with E-state index in [0.717, 1.165) is 112 Å². The molecule has 15 rings (SSSR count). The third-order valence-electron chi connectivity index (χ3n) is 23.4. The maximum Gasteiger partial charge on any atom is 0.165 e. The Kier molecular flexibility index (Phi) is 10.1. The van der Waals surface area contributed by atoms with E-state index in [1.54, 1.807) is 7.11 Å². The second-order valence-corrected chi connectivity index (χ2v) is 27.7. The Morgan fingerprint density at radius 1 is 0.743 bits per heavy atom. The van der Waals surface area contributed by atoms with E-state index in [1.807, 2.05) is 7.11 Å². The van der Waals surface area contributed by atoms with Crippen LogP contribution in [0.3, 0.4) is 0 Å². The van der Waals surface area contributed by atoms with E-state index in [4.69, 9.17) is 28.4 Å². The van der Waals surface area contributed by atoms with Gasteiger partial charge in [-0.1, -0.05) is 60.6 Å². The number of piperidine rings is 1. The van der Waals surface area contributed by atoms with E-state index in [0.29, 0.717) is 25.3 Å². The van der Waals surface area contributed by atoms with Crippen LogP contribution in [-0.2, 0) is 27.7 Å². The molecule has 3 spiro atoms. The first kappa shape index (κ1) is 47.1. The van der Waals surface area contributed by atoms with Gasteiger partial charge in [0, 0.05) is 72.0 Å². The molecule has 70 heavy (non-hydrogen) atoms. The van der Waals surface area contributed by atoms with Crippen LogP contribution in [0, 0.1) is 45.3 Å². The number of aliphatic hydroxyl groups is 2. The van der Waals surface area contributed by atoms with Crippen molar-refractivity contribution >= 4 is 0 Å². The van der Waals surface area contributed by atoms with Crippen molar-refractivity contribution in [3.05, 3.63) is 46.5 Å². The minimum Gasteiger partial charge on any atom is -0.493 e. The van der Waals surface area contributed by atoms with Gasteiger partial charge in [0.1, 0.15) is 30.0 Å².